The van der Waals surface area contributed by atoms with Crippen LogP contribution in [-0.2, 0) is 0 Å². The fourth-order valence-corrected chi connectivity index (χ4v) is 3.81. The van der Waals surface area contributed by atoms with Gasteiger partial charge < -0.3 is 9.84 Å². The lowest BCUT2D eigenvalue weighted by Gasteiger charge is -2.35. The molecule has 0 saturated heterocycles. The second-order valence-electron chi connectivity index (χ2n) is 7.62. The summed E-state index contributed by atoms with van der Waals surface area (Å²) in [5, 5.41) is 11.6. The van der Waals surface area contributed by atoms with Gasteiger partial charge in [-0.15, -0.1) is 0 Å². The molecule has 6 heteroatoms. The molecular formula is C21H22N4O2. The first-order valence-electron chi connectivity index (χ1n) is 9.63. The van der Waals surface area contributed by atoms with Crippen LogP contribution in [0.25, 0.3) is 11.3 Å². The van der Waals surface area contributed by atoms with Gasteiger partial charge in [-0.3, -0.25) is 9.48 Å². The lowest BCUT2D eigenvalue weighted by molar-refractivity contribution is 0.0851. The molecule has 0 atom stereocenters. The summed E-state index contributed by atoms with van der Waals surface area (Å²) in [6.07, 6.45) is 9.91. The van der Waals surface area contributed by atoms with E-state index in [2.05, 4.69) is 26.5 Å². The van der Waals surface area contributed by atoms with E-state index in [1.165, 1.54) is 24.8 Å². The maximum Gasteiger partial charge on any atom is 0.290 e. The third-order valence-electron chi connectivity index (χ3n) is 5.82. The number of hydrogen-bond acceptors (Lipinski definition) is 4. The van der Waals surface area contributed by atoms with Crippen LogP contribution in [0.4, 0.5) is 0 Å². The molecule has 0 radical (unpaired) electrons. The molecule has 2 saturated carbocycles. The Hall–Kier alpha value is -2.89. The maximum absolute atomic E-state index is 12.4. The standard InChI is InChI=1S/C21H22N4O2/c26-21(20-11-19(24-27-20)15-5-2-1-3-6-15)23-17-9-18(10-17)25-13-16(12-22-25)14-7-4-8-14/h1-3,5-6,11-14,17-18H,4,7-10H2,(H,23,26). The third kappa shape index (κ3) is 3.16. The topological polar surface area (TPSA) is 73.0 Å². The van der Waals surface area contributed by atoms with Gasteiger partial charge in [-0.25, -0.2) is 0 Å². The van der Waals surface area contributed by atoms with E-state index < -0.39 is 0 Å². The van der Waals surface area contributed by atoms with Gasteiger partial charge in [0.05, 0.1) is 12.2 Å². The number of amides is 1. The van der Waals surface area contributed by atoms with Crippen LogP contribution in [0.1, 0.15) is 60.2 Å². The molecule has 1 amide bonds. The number of hydrogen-bond donors (Lipinski definition) is 1. The fourth-order valence-electron chi connectivity index (χ4n) is 3.81. The van der Waals surface area contributed by atoms with Gasteiger partial charge in [-0.2, -0.15) is 5.10 Å². The highest BCUT2D eigenvalue weighted by Crippen LogP contribution is 2.38. The Labute approximate surface area is 157 Å². The zero-order chi connectivity index (χ0) is 18.2. The SMILES string of the molecule is O=C(NC1CC(n2cc(C3CCC3)cn2)C1)c1cc(-c2ccccc2)no1. The van der Waals surface area contributed by atoms with Crippen molar-refractivity contribution in [3.63, 3.8) is 0 Å². The molecule has 5 rings (SSSR count). The summed E-state index contributed by atoms with van der Waals surface area (Å²) in [5.41, 5.74) is 2.97. The van der Waals surface area contributed by atoms with E-state index >= 15 is 0 Å². The van der Waals surface area contributed by atoms with Crippen LogP contribution in [-0.4, -0.2) is 26.9 Å². The zero-order valence-corrected chi connectivity index (χ0v) is 15.0. The number of nitrogens with one attached hydrogen (secondary N) is 1. The number of carbonyl (C=O) groups excluding carboxylic acids is 1. The molecule has 138 valence electrons. The van der Waals surface area contributed by atoms with E-state index in [9.17, 15) is 4.79 Å². The molecule has 1 aromatic carbocycles. The first kappa shape index (κ1) is 16.3. The van der Waals surface area contributed by atoms with Crippen molar-refractivity contribution in [2.45, 2.75) is 50.1 Å². The number of nitrogens with zero attached hydrogens (tertiary/aromatic N) is 3. The van der Waals surface area contributed by atoms with Gasteiger partial charge in [0.2, 0.25) is 5.76 Å². The zero-order valence-electron chi connectivity index (χ0n) is 15.0. The summed E-state index contributed by atoms with van der Waals surface area (Å²) in [7, 11) is 0. The van der Waals surface area contributed by atoms with Crippen molar-refractivity contribution < 1.29 is 9.32 Å². The largest absolute Gasteiger partial charge is 0.350 e. The Kier molecular flexibility index (Phi) is 4.03. The normalized spacial score (nSPS) is 22.1. The van der Waals surface area contributed by atoms with Crippen LogP contribution >= 0.6 is 0 Å². The van der Waals surface area contributed by atoms with E-state index in [-0.39, 0.29) is 17.7 Å². The molecule has 3 aromatic rings. The smallest absolute Gasteiger partial charge is 0.290 e. The lowest BCUT2D eigenvalue weighted by atomic mass is 9.81. The van der Waals surface area contributed by atoms with Crippen molar-refractivity contribution in [1.29, 1.82) is 0 Å². The summed E-state index contributed by atoms with van der Waals surface area (Å²) in [5.74, 6) is 0.756. The maximum atomic E-state index is 12.4. The minimum atomic E-state index is -0.205. The van der Waals surface area contributed by atoms with Crippen LogP contribution in [0.5, 0.6) is 0 Å². The van der Waals surface area contributed by atoms with Crippen molar-refractivity contribution in [2.24, 2.45) is 0 Å². The Morgan fingerprint density at radius 2 is 2.00 bits per heavy atom. The van der Waals surface area contributed by atoms with Crippen LogP contribution in [0.2, 0.25) is 0 Å². The van der Waals surface area contributed by atoms with Gasteiger partial charge in [0.25, 0.3) is 5.91 Å². The molecule has 1 N–H and O–H groups in total. The number of rotatable bonds is 5. The predicted octanol–water partition coefficient (Wildman–Crippen LogP) is 3.94. The van der Waals surface area contributed by atoms with Gasteiger partial charge in [0, 0.05) is 23.9 Å². The quantitative estimate of drug-likeness (QED) is 0.746. The highest BCUT2D eigenvalue weighted by molar-refractivity contribution is 5.92. The highest BCUT2D eigenvalue weighted by Gasteiger charge is 2.33. The minimum absolute atomic E-state index is 0.157. The monoisotopic (exact) mass is 362 g/mol. The second-order valence-corrected chi connectivity index (χ2v) is 7.62. The fraction of sp³-hybridized carbons (Fsp3) is 0.381. The molecule has 2 aromatic heterocycles. The van der Waals surface area contributed by atoms with Gasteiger partial charge in [0.1, 0.15) is 5.69 Å². The van der Waals surface area contributed by atoms with Crippen LogP contribution in [0, 0.1) is 0 Å². The average molecular weight is 362 g/mol. The summed E-state index contributed by atoms with van der Waals surface area (Å²) < 4.78 is 7.30. The lowest BCUT2D eigenvalue weighted by Crippen LogP contribution is -2.45. The highest BCUT2D eigenvalue weighted by atomic mass is 16.5. The van der Waals surface area contributed by atoms with Gasteiger partial charge in [0.15, 0.2) is 0 Å². The first-order chi connectivity index (χ1) is 13.3. The van der Waals surface area contributed by atoms with Crippen LogP contribution in [0.15, 0.2) is 53.3 Å². The Bertz CT molecular complexity index is 936. The minimum Gasteiger partial charge on any atom is -0.350 e. The van der Waals surface area contributed by atoms with Gasteiger partial charge in [-0.05, 0) is 37.2 Å². The van der Waals surface area contributed by atoms with Crippen molar-refractivity contribution in [1.82, 2.24) is 20.3 Å². The number of carbonyl (C=O) groups is 1. The molecule has 6 nitrogen and oxygen atoms in total. The third-order valence-corrected chi connectivity index (χ3v) is 5.82. The first-order valence-corrected chi connectivity index (χ1v) is 9.63. The molecule has 0 spiro atoms. The van der Waals surface area contributed by atoms with Gasteiger partial charge >= 0.3 is 0 Å². The summed E-state index contributed by atoms with van der Waals surface area (Å²) in [6.45, 7) is 0. The molecule has 2 aliphatic rings. The van der Waals surface area contributed by atoms with Crippen molar-refractivity contribution in [3.8, 4) is 11.3 Å². The molecule has 2 fully saturated rings. The molecular weight excluding hydrogens is 340 g/mol. The van der Waals surface area contributed by atoms with Crippen LogP contribution < -0.4 is 5.32 Å². The Balaban J connectivity index is 1.16. The van der Waals surface area contributed by atoms with E-state index in [1.54, 1.807) is 6.07 Å². The average Bonchev–Trinajstić information content (AvgIpc) is 3.27. The van der Waals surface area contributed by atoms with Crippen molar-refractivity contribution in [3.05, 3.63) is 60.1 Å². The molecule has 0 bridgehead atoms. The Morgan fingerprint density at radius 3 is 2.74 bits per heavy atom. The summed E-state index contributed by atoms with van der Waals surface area (Å²) >= 11 is 0. The second kappa shape index (κ2) is 6.68. The van der Waals surface area contributed by atoms with E-state index in [0.717, 1.165) is 18.4 Å². The van der Waals surface area contributed by atoms with Crippen LogP contribution in [0.3, 0.4) is 0 Å². The van der Waals surface area contributed by atoms with Crippen molar-refractivity contribution in [2.75, 3.05) is 0 Å². The molecule has 2 aliphatic carbocycles. The van der Waals surface area contributed by atoms with E-state index in [1.807, 2.05) is 36.5 Å². The predicted molar refractivity (Wildman–Crippen MR) is 100 cm³/mol. The van der Waals surface area contributed by atoms with E-state index in [0.29, 0.717) is 17.7 Å². The van der Waals surface area contributed by atoms with E-state index in [4.69, 9.17) is 4.52 Å². The summed E-state index contributed by atoms with van der Waals surface area (Å²) in [4.78, 5) is 12.4. The molecule has 0 aliphatic heterocycles. The molecule has 27 heavy (non-hydrogen) atoms. The van der Waals surface area contributed by atoms with Gasteiger partial charge in [-0.1, -0.05) is 41.9 Å². The van der Waals surface area contributed by atoms with Crippen molar-refractivity contribution >= 4 is 5.91 Å². The molecule has 0 unspecified atom stereocenters. The number of aromatic nitrogens is 3. The molecule has 2 heterocycles. The number of benzene rings is 1. The summed E-state index contributed by atoms with van der Waals surface area (Å²) in [6, 6.07) is 11.9. The Morgan fingerprint density at radius 1 is 1.19 bits per heavy atom.